The van der Waals surface area contributed by atoms with Crippen molar-refractivity contribution in [1.29, 1.82) is 0 Å². The van der Waals surface area contributed by atoms with Crippen molar-refractivity contribution in [3.63, 3.8) is 0 Å². The molecule has 1 aliphatic heterocycles. The molecule has 1 unspecified atom stereocenters. The van der Waals surface area contributed by atoms with Crippen LogP contribution in [0.4, 0.5) is 0 Å². The maximum absolute atomic E-state index is 4.91. The van der Waals surface area contributed by atoms with Crippen molar-refractivity contribution in [2.75, 3.05) is 13.1 Å². The van der Waals surface area contributed by atoms with Crippen LogP contribution < -0.4 is 5.32 Å². The second-order valence-electron chi connectivity index (χ2n) is 6.09. The van der Waals surface area contributed by atoms with Crippen molar-refractivity contribution in [2.45, 2.75) is 37.5 Å². The van der Waals surface area contributed by atoms with Gasteiger partial charge in [0.05, 0.1) is 11.0 Å². The second-order valence-corrected chi connectivity index (χ2v) is 6.09. The molecule has 2 fully saturated rings. The summed E-state index contributed by atoms with van der Waals surface area (Å²) in [6, 6.07) is 6.87. The minimum Gasteiger partial charge on any atom is -0.331 e. The van der Waals surface area contributed by atoms with Gasteiger partial charge in [-0.2, -0.15) is 0 Å². The van der Waals surface area contributed by atoms with Crippen molar-refractivity contribution in [3.05, 3.63) is 29.6 Å². The summed E-state index contributed by atoms with van der Waals surface area (Å²) in [5.74, 6) is 2.68. The van der Waals surface area contributed by atoms with Crippen LogP contribution in [0.15, 0.2) is 18.2 Å². The quantitative estimate of drug-likeness (QED) is 0.894. The van der Waals surface area contributed by atoms with Gasteiger partial charge < -0.3 is 9.88 Å². The average molecular weight is 255 g/mol. The molecule has 2 aromatic rings. The molecule has 3 heteroatoms. The number of imidazole rings is 1. The molecule has 4 rings (SSSR count). The van der Waals surface area contributed by atoms with Gasteiger partial charge in [0.15, 0.2) is 0 Å². The molecule has 100 valence electrons. The molecule has 0 bridgehead atoms. The third-order valence-electron chi connectivity index (χ3n) is 4.94. The molecule has 2 aliphatic rings. The van der Waals surface area contributed by atoms with Crippen molar-refractivity contribution < 1.29 is 0 Å². The molecule has 1 aromatic heterocycles. The highest BCUT2D eigenvalue weighted by Crippen LogP contribution is 2.37. The number of nitrogens with one attached hydrogen (secondary N) is 1. The molecular formula is C16H21N3. The number of rotatable bonds is 2. The van der Waals surface area contributed by atoms with E-state index in [2.05, 4.69) is 35.1 Å². The highest BCUT2D eigenvalue weighted by atomic mass is 15.1. The molecule has 1 aromatic carbocycles. The van der Waals surface area contributed by atoms with Gasteiger partial charge in [-0.25, -0.2) is 4.98 Å². The fourth-order valence-corrected chi connectivity index (χ4v) is 3.46. The van der Waals surface area contributed by atoms with Crippen LogP contribution in [0.25, 0.3) is 11.0 Å². The molecule has 1 atom stereocenters. The average Bonchev–Trinajstić information content (AvgIpc) is 2.97. The lowest BCUT2D eigenvalue weighted by Crippen LogP contribution is -2.13. The lowest BCUT2D eigenvalue weighted by Gasteiger charge is -2.24. The molecule has 0 amide bonds. The van der Waals surface area contributed by atoms with Crippen molar-refractivity contribution in [2.24, 2.45) is 7.05 Å². The summed E-state index contributed by atoms with van der Waals surface area (Å²) < 4.78 is 2.30. The Morgan fingerprint density at radius 3 is 2.79 bits per heavy atom. The number of aryl methyl sites for hydroxylation is 1. The molecule has 1 aliphatic carbocycles. The Kier molecular flexibility index (Phi) is 2.62. The number of nitrogens with zero attached hydrogens (tertiary/aromatic N) is 2. The van der Waals surface area contributed by atoms with Crippen molar-refractivity contribution >= 4 is 11.0 Å². The summed E-state index contributed by atoms with van der Waals surface area (Å²) in [5.41, 5.74) is 3.93. The Morgan fingerprint density at radius 2 is 2.11 bits per heavy atom. The minimum absolute atomic E-state index is 0.679. The van der Waals surface area contributed by atoms with E-state index in [-0.39, 0.29) is 0 Å². The normalized spacial score (nSPS) is 23.9. The third kappa shape index (κ3) is 1.79. The van der Waals surface area contributed by atoms with E-state index >= 15 is 0 Å². The first-order valence-electron chi connectivity index (χ1n) is 7.50. The SMILES string of the molecule is Cn1c(C2CCC2)nc2cc(C3CCNC3)ccc21. The van der Waals surface area contributed by atoms with E-state index in [1.165, 1.54) is 48.1 Å². The van der Waals surface area contributed by atoms with E-state index in [1.54, 1.807) is 0 Å². The maximum atomic E-state index is 4.91. The molecular weight excluding hydrogens is 234 g/mol. The zero-order valence-electron chi connectivity index (χ0n) is 11.5. The first kappa shape index (κ1) is 11.5. The van der Waals surface area contributed by atoms with Gasteiger partial charge in [-0.05, 0) is 49.4 Å². The van der Waals surface area contributed by atoms with Gasteiger partial charge in [-0.15, -0.1) is 0 Å². The van der Waals surface area contributed by atoms with Crippen LogP contribution in [0.3, 0.4) is 0 Å². The Labute approximate surface area is 114 Å². The minimum atomic E-state index is 0.679. The van der Waals surface area contributed by atoms with Gasteiger partial charge in [0.1, 0.15) is 5.82 Å². The van der Waals surface area contributed by atoms with Crippen LogP contribution in [0.5, 0.6) is 0 Å². The maximum Gasteiger partial charge on any atom is 0.112 e. The number of hydrogen-bond acceptors (Lipinski definition) is 2. The van der Waals surface area contributed by atoms with E-state index in [1.807, 2.05) is 0 Å². The fraction of sp³-hybridized carbons (Fsp3) is 0.562. The molecule has 1 N–H and O–H groups in total. The Morgan fingerprint density at radius 1 is 1.21 bits per heavy atom. The molecule has 1 saturated carbocycles. The molecule has 3 nitrogen and oxygen atoms in total. The monoisotopic (exact) mass is 255 g/mol. The molecule has 1 saturated heterocycles. The predicted molar refractivity (Wildman–Crippen MR) is 77.5 cm³/mol. The van der Waals surface area contributed by atoms with Crippen molar-refractivity contribution in [1.82, 2.24) is 14.9 Å². The molecule has 19 heavy (non-hydrogen) atoms. The Bertz CT molecular complexity index is 604. The van der Waals surface area contributed by atoms with E-state index in [4.69, 9.17) is 4.98 Å². The fourth-order valence-electron chi connectivity index (χ4n) is 3.46. The lowest BCUT2D eigenvalue weighted by atomic mass is 9.85. The predicted octanol–water partition coefficient (Wildman–Crippen LogP) is 2.92. The standard InChI is InChI=1S/C16H21N3/c1-19-15-6-5-12(13-7-8-17-10-13)9-14(15)18-16(19)11-3-2-4-11/h5-6,9,11,13,17H,2-4,7-8,10H2,1H3. The summed E-state index contributed by atoms with van der Waals surface area (Å²) in [6.07, 6.45) is 5.26. The van der Waals surface area contributed by atoms with E-state index in [0.717, 1.165) is 13.1 Å². The van der Waals surface area contributed by atoms with Crippen LogP contribution in [-0.2, 0) is 7.05 Å². The second kappa shape index (κ2) is 4.34. The molecule has 0 radical (unpaired) electrons. The van der Waals surface area contributed by atoms with Gasteiger partial charge in [0, 0.05) is 19.5 Å². The van der Waals surface area contributed by atoms with Gasteiger partial charge >= 0.3 is 0 Å². The van der Waals surface area contributed by atoms with Gasteiger partial charge in [-0.1, -0.05) is 12.5 Å². The zero-order valence-corrected chi connectivity index (χ0v) is 11.5. The third-order valence-corrected chi connectivity index (χ3v) is 4.94. The molecule has 0 spiro atoms. The topological polar surface area (TPSA) is 29.9 Å². The summed E-state index contributed by atoms with van der Waals surface area (Å²) >= 11 is 0. The van der Waals surface area contributed by atoms with E-state index in [0.29, 0.717) is 11.8 Å². The largest absolute Gasteiger partial charge is 0.331 e. The zero-order chi connectivity index (χ0) is 12.8. The van der Waals surface area contributed by atoms with Gasteiger partial charge in [0.25, 0.3) is 0 Å². The summed E-state index contributed by atoms with van der Waals surface area (Å²) in [5, 5.41) is 3.45. The van der Waals surface area contributed by atoms with Gasteiger partial charge in [0.2, 0.25) is 0 Å². The van der Waals surface area contributed by atoms with Crippen LogP contribution in [-0.4, -0.2) is 22.6 Å². The van der Waals surface area contributed by atoms with Crippen LogP contribution in [0.2, 0.25) is 0 Å². The van der Waals surface area contributed by atoms with Crippen LogP contribution >= 0.6 is 0 Å². The highest BCUT2D eigenvalue weighted by Gasteiger charge is 2.25. The molecule has 2 heterocycles. The van der Waals surface area contributed by atoms with Gasteiger partial charge in [-0.3, -0.25) is 0 Å². The van der Waals surface area contributed by atoms with Crippen LogP contribution in [0, 0.1) is 0 Å². The summed E-state index contributed by atoms with van der Waals surface area (Å²) in [4.78, 5) is 4.91. The lowest BCUT2D eigenvalue weighted by molar-refractivity contribution is 0.395. The Hall–Kier alpha value is -1.35. The van der Waals surface area contributed by atoms with E-state index < -0.39 is 0 Å². The highest BCUT2D eigenvalue weighted by molar-refractivity contribution is 5.77. The first-order chi connectivity index (χ1) is 9.33. The van der Waals surface area contributed by atoms with Crippen molar-refractivity contribution in [3.8, 4) is 0 Å². The summed E-state index contributed by atoms with van der Waals surface area (Å²) in [7, 11) is 2.17. The summed E-state index contributed by atoms with van der Waals surface area (Å²) in [6.45, 7) is 2.27. The number of fused-ring (bicyclic) bond motifs is 1. The number of hydrogen-bond donors (Lipinski definition) is 1. The first-order valence-corrected chi connectivity index (χ1v) is 7.50. The van der Waals surface area contributed by atoms with E-state index in [9.17, 15) is 0 Å². The Balaban J connectivity index is 1.76. The van der Waals surface area contributed by atoms with Crippen LogP contribution in [0.1, 0.15) is 48.9 Å². The number of aromatic nitrogens is 2. The smallest absolute Gasteiger partial charge is 0.112 e. The number of benzene rings is 1.